The molecule has 6 heteroatoms. The fourth-order valence-electron chi connectivity index (χ4n) is 4.14. The number of fused-ring (bicyclic) bond motifs is 1. The Morgan fingerprint density at radius 1 is 1.25 bits per heavy atom. The second-order valence-electron chi connectivity index (χ2n) is 8.33. The van der Waals surface area contributed by atoms with Crippen LogP contribution in [0, 0.1) is 6.92 Å². The minimum atomic E-state index is -0.333. The first-order valence-electron chi connectivity index (χ1n) is 10.9. The third-order valence-electron chi connectivity index (χ3n) is 5.73. The molecule has 3 aromatic rings. The molecular weight excluding hydrogens is 404 g/mol. The molecule has 1 N–H and O–H groups in total. The van der Waals surface area contributed by atoms with Gasteiger partial charge in [-0.1, -0.05) is 18.7 Å². The molecule has 32 heavy (non-hydrogen) atoms. The van der Waals surface area contributed by atoms with Crippen LogP contribution in [0.25, 0.3) is 22.2 Å². The average molecular weight is 435 g/mol. The summed E-state index contributed by atoms with van der Waals surface area (Å²) in [5.41, 5.74) is 6.03. The predicted octanol–water partition coefficient (Wildman–Crippen LogP) is 4.49. The second kappa shape index (κ2) is 9.18. The van der Waals surface area contributed by atoms with Gasteiger partial charge >= 0.3 is 5.97 Å². The molecule has 1 aliphatic heterocycles. The molecule has 6 nitrogen and oxygen atoms in total. The van der Waals surface area contributed by atoms with Crippen molar-refractivity contribution in [2.75, 3.05) is 26.8 Å². The highest BCUT2D eigenvalue weighted by molar-refractivity contribution is 5.95. The summed E-state index contributed by atoms with van der Waals surface area (Å²) in [7, 11) is 1.66. The van der Waals surface area contributed by atoms with Gasteiger partial charge in [0.25, 0.3) is 0 Å². The topological polar surface area (TPSA) is 61.2 Å². The number of aromatic nitrogens is 1. The molecule has 0 saturated carbocycles. The van der Waals surface area contributed by atoms with E-state index < -0.39 is 0 Å². The molecule has 1 aromatic carbocycles. The summed E-state index contributed by atoms with van der Waals surface area (Å²) in [6.45, 7) is 12.2. The molecule has 1 aliphatic rings. The molecule has 3 heterocycles. The van der Waals surface area contributed by atoms with Crippen LogP contribution in [-0.4, -0.2) is 49.4 Å². The number of carbonyl (C=O) groups is 1. The lowest BCUT2D eigenvalue weighted by Gasteiger charge is -2.27. The van der Waals surface area contributed by atoms with E-state index in [4.69, 9.17) is 14.2 Å². The van der Waals surface area contributed by atoms with Crippen LogP contribution in [0.1, 0.15) is 35.5 Å². The Balaban J connectivity index is 1.88. The molecule has 0 aliphatic carbocycles. The van der Waals surface area contributed by atoms with E-state index in [0.717, 1.165) is 45.8 Å². The fraction of sp³-hybridized carbons (Fsp3) is 0.346. The third-order valence-corrected chi connectivity index (χ3v) is 5.73. The molecule has 0 spiro atoms. The van der Waals surface area contributed by atoms with Crippen molar-refractivity contribution in [2.45, 2.75) is 33.0 Å². The van der Waals surface area contributed by atoms with E-state index in [2.05, 4.69) is 28.6 Å². The molecular formula is C26H30N2O4. The maximum absolute atomic E-state index is 12.9. The molecule has 0 bridgehead atoms. The van der Waals surface area contributed by atoms with Crippen molar-refractivity contribution in [3.05, 3.63) is 66.0 Å². The monoisotopic (exact) mass is 434 g/mol. The molecule has 2 aromatic heterocycles. The van der Waals surface area contributed by atoms with E-state index in [1.54, 1.807) is 7.11 Å². The van der Waals surface area contributed by atoms with E-state index in [1.807, 2.05) is 51.1 Å². The first-order valence-corrected chi connectivity index (χ1v) is 10.9. The van der Waals surface area contributed by atoms with Gasteiger partial charge in [-0.15, -0.1) is 0 Å². The summed E-state index contributed by atoms with van der Waals surface area (Å²) in [6.07, 6.45) is 1.71. The number of pyridine rings is 1. The van der Waals surface area contributed by atoms with Crippen molar-refractivity contribution in [1.82, 2.24) is 9.72 Å². The fourth-order valence-corrected chi connectivity index (χ4v) is 4.14. The first-order chi connectivity index (χ1) is 15.4. The standard InChI is InChI=1S/C26H30N2O4/c1-16(2)32-26(29)23-13-21-11-20(19-7-6-8-22(12-19)30-5)15-28(21)25(17(23)3)18(4)24-14-27-9-10-31-24/h6-8,11-13,15-16,24,27H,4,9-10,14H2,1-3,5H3. The number of carbonyl (C=O) groups excluding carboxylic acids is 1. The van der Waals surface area contributed by atoms with E-state index >= 15 is 0 Å². The smallest absolute Gasteiger partial charge is 0.338 e. The highest BCUT2D eigenvalue weighted by atomic mass is 16.5. The lowest BCUT2D eigenvalue weighted by Crippen LogP contribution is -2.39. The number of nitrogens with one attached hydrogen (secondary N) is 1. The maximum atomic E-state index is 12.9. The van der Waals surface area contributed by atoms with Crippen molar-refractivity contribution >= 4 is 17.1 Å². The van der Waals surface area contributed by atoms with Crippen LogP contribution in [0.5, 0.6) is 5.75 Å². The summed E-state index contributed by atoms with van der Waals surface area (Å²) in [5, 5.41) is 3.36. The SMILES string of the molecule is C=C(c1c(C)c(C(=O)OC(C)C)cc2cc(-c3cccc(OC)c3)cn12)C1CNCCO1. The zero-order valence-electron chi connectivity index (χ0n) is 19.1. The second-order valence-corrected chi connectivity index (χ2v) is 8.33. The number of ether oxygens (including phenoxy) is 3. The van der Waals surface area contributed by atoms with Gasteiger partial charge in [-0.25, -0.2) is 4.79 Å². The Labute approximate surface area is 188 Å². The van der Waals surface area contributed by atoms with Crippen molar-refractivity contribution in [1.29, 1.82) is 0 Å². The Kier molecular flexibility index (Phi) is 6.35. The average Bonchev–Trinajstić information content (AvgIpc) is 3.22. The number of hydrogen-bond acceptors (Lipinski definition) is 5. The molecule has 4 rings (SSSR count). The largest absolute Gasteiger partial charge is 0.497 e. The normalized spacial score (nSPS) is 16.3. The predicted molar refractivity (Wildman–Crippen MR) is 126 cm³/mol. The molecule has 1 fully saturated rings. The van der Waals surface area contributed by atoms with E-state index in [9.17, 15) is 4.79 Å². The quantitative estimate of drug-likeness (QED) is 0.579. The number of nitrogens with zero attached hydrogens (tertiary/aromatic N) is 1. The first kappa shape index (κ1) is 22.1. The summed E-state index contributed by atoms with van der Waals surface area (Å²) >= 11 is 0. The lowest BCUT2D eigenvalue weighted by atomic mass is 9.98. The molecule has 0 radical (unpaired) electrons. The number of methoxy groups -OCH3 is 1. The van der Waals surface area contributed by atoms with Crippen LogP contribution in [0.3, 0.4) is 0 Å². The highest BCUT2D eigenvalue weighted by Crippen LogP contribution is 2.32. The third kappa shape index (κ3) is 4.29. The Morgan fingerprint density at radius 3 is 2.75 bits per heavy atom. The minimum absolute atomic E-state index is 0.162. The van der Waals surface area contributed by atoms with Gasteiger partial charge in [0.2, 0.25) is 0 Å². The van der Waals surface area contributed by atoms with E-state index in [1.165, 1.54) is 0 Å². The van der Waals surface area contributed by atoms with Crippen LogP contribution in [0.15, 0.2) is 49.2 Å². The zero-order valence-corrected chi connectivity index (χ0v) is 19.1. The molecule has 1 saturated heterocycles. The van der Waals surface area contributed by atoms with Crippen LogP contribution in [0.2, 0.25) is 0 Å². The van der Waals surface area contributed by atoms with E-state index in [0.29, 0.717) is 18.7 Å². The summed E-state index contributed by atoms with van der Waals surface area (Å²) < 4.78 is 19.0. The Bertz CT molecular complexity index is 1160. The van der Waals surface area contributed by atoms with Crippen molar-refractivity contribution in [3.63, 3.8) is 0 Å². The number of rotatable bonds is 6. The lowest BCUT2D eigenvalue weighted by molar-refractivity contribution is 0.0376. The van der Waals surface area contributed by atoms with E-state index in [-0.39, 0.29) is 18.2 Å². The van der Waals surface area contributed by atoms with Crippen LogP contribution >= 0.6 is 0 Å². The van der Waals surface area contributed by atoms with Crippen molar-refractivity contribution in [2.24, 2.45) is 0 Å². The summed E-state index contributed by atoms with van der Waals surface area (Å²) in [6, 6.07) is 11.9. The Hall–Kier alpha value is -3.09. The maximum Gasteiger partial charge on any atom is 0.338 e. The highest BCUT2D eigenvalue weighted by Gasteiger charge is 2.25. The zero-order chi connectivity index (χ0) is 22.8. The van der Waals surface area contributed by atoms with Crippen molar-refractivity contribution in [3.8, 4) is 16.9 Å². The van der Waals surface area contributed by atoms with Gasteiger partial charge in [-0.3, -0.25) is 0 Å². The summed E-state index contributed by atoms with van der Waals surface area (Å²) in [5.74, 6) is 0.460. The van der Waals surface area contributed by atoms with Crippen LogP contribution in [-0.2, 0) is 9.47 Å². The molecule has 168 valence electrons. The molecule has 0 amide bonds. The number of esters is 1. The van der Waals surface area contributed by atoms with Gasteiger partial charge in [0.1, 0.15) is 5.75 Å². The number of benzene rings is 1. The van der Waals surface area contributed by atoms with Gasteiger partial charge in [0.15, 0.2) is 0 Å². The number of morpholine rings is 1. The number of hydrogen-bond donors (Lipinski definition) is 1. The van der Waals surface area contributed by atoms with Crippen molar-refractivity contribution < 1.29 is 19.0 Å². The van der Waals surface area contributed by atoms with Gasteiger partial charge in [-0.05, 0) is 61.7 Å². The van der Waals surface area contributed by atoms with Gasteiger partial charge in [0.05, 0.1) is 37.2 Å². The van der Waals surface area contributed by atoms with Gasteiger partial charge in [-0.2, -0.15) is 0 Å². The van der Waals surface area contributed by atoms with Crippen LogP contribution < -0.4 is 10.1 Å². The molecule has 1 atom stereocenters. The minimum Gasteiger partial charge on any atom is -0.497 e. The molecule has 1 unspecified atom stereocenters. The van der Waals surface area contributed by atoms with Crippen LogP contribution in [0.4, 0.5) is 0 Å². The van der Waals surface area contributed by atoms with Gasteiger partial charge < -0.3 is 23.9 Å². The van der Waals surface area contributed by atoms with Gasteiger partial charge in [0, 0.05) is 30.4 Å². The Morgan fingerprint density at radius 2 is 2.06 bits per heavy atom. The summed E-state index contributed by atoms with van der Waals surface area (Å²) in [4.78, 5) is 12.9.